The van der Waals surface area contributed by atoms with Crippen molar-refractivity contribution in [2.45, 2.75) is 33.3 Å². The van der Waals surface area contributed by atoms with Crippen LogP contribution in [0.3, 0.4) is 0 Å². The van der Waals surface area contributed by atoms with E-state index in [4.69, 9.17) is 4.74 Å². The second kappa shape index (κ2) is 8.27. The van der Waals surface area contributed by atoms with Gasteiger partial charge in [-0.25, -0.2) is 9.97 Å². The van der Waals surface area contributed by atoms with Crippen LogP contribution in [-0.2, 0) is 0 Å². The van der Waals surface area contributed by atoms with Crippen LogP contribution in [0, 0.1) is 6.92 Å². The molecule has 1 aliphatic rings. The molecule has 5 nitrogen and oxygen atoms in total. The van der Waals surface area contributed by atoms with E-state index in [0.29, 0.717) is 0 Å². The zero-order valence-corrected chi connectivity index (χ0v) is 15.7. The van der Waals surface area contributed by atoms with Gasteiger partial charge < -0.3 is 15.4 Å². The minimum Gasteiger partial charge on any atom is -0.487 e. The molecule has 132 valence electrons. The number of nitrogens with one attached hydrogen (secondary N) is 2. The van der Waals surface area contributed by atoms with Crippen molar-refractivity contribution in [1.29, 1.82) is 0 Å². The van der Waals surface area contributed by atoms with Crippen molar-refractivity contribution >= 4 is 33.1 Å². The van der Waals surface area contributed by atoms with Gasteiger partial charge >= 0.3 is 0 Å². The first-order valence-electron chi connectivity index (χ1n) is 8.73. The molecule has 0 spiro atoms. The molecule has 6 heteroatoms. The van der Waals surface area contributed by atoms with Gasteiger partial charge in [0.05, 0.1) is 11.1 Å². The number of aromatic nitrogens is 2. The summed E-state index contributed by atoms with van der Waals surface area (Å²) in [6.45, 7) is 8.00. The van der Waals surface area contributed by atoms with E-state index < -0.39 is 0 Å². The summed E-state index contributed by atoms with van der Waals surface area (Å²) in [4.78, 5) is 9.76. The number of benzene rings is 1. The Morgan fingerprint density at radius 1 is 1.24 bits per heavy atom. The van der Waals surface area contributed by atoms with Crippen LogP contribution in [-0.4, -0.2) is 29.2 Å². The monoisotopic (exact) mass is 356 g/mol. The van der Waals surface area contributed by atoms with Gasteiger partial charge in [0.25, 0.3) is 0 Å². The van der Waals surface area contributed by atoms with Crippen LogP contribution in [0.15, 0.2) is 36.0 Å². The highest BCUT2D eigenvalue weighted by atomic mass is 32.1. The molecule has 3 aromatic rings. The quantitative estimate of drug-likeness (QED) is 0.720. The minimum absolute atomic E-state index is 0.228. The second-order valence-electron chi connectivity index (χ2n) is 5.67. The first-order chi connectivity index (χ1) is 12.3. The fourth-order valence-electron chi connectivity index (χ4n) is 2.82. The normalized spacial score (nSPS) is 16.4. The van der Waals surface area contributed by atoms with Crippen molar-refractivity contribution in [1.82, 2.24) is 15.3 Å². The van der Waals surface area contributed by atoms with Gasteiger partial charge in [-0.1, -0.05) is 26.0 Å². The Kier molecular flexibility index (Phi) is 5.83. The summed E-state index contributed by atoms with van der Waals surface area (Å²) in [5.41, 5.74) is 2.12. The van der Waals surface area contributed by atoms with E-state index in [0.717, 1.165) is 47.0 Å². The number of nitrogens with zero attached hydrogens (tertiary/aromatic N) is 2. The molecule has 1 fully saturated rings. The Bertz CT molecular complexity index is 827. The number of fused-ring (bicyclic) bond motifs is 1. The van der Waals surface area contributed by atoms with Crippen molar-refractivity contribution in [3.8, 4) is 5.75 Å². The maximum absolute atomic E-state index is 6.14. The number of para-hydroxylation sites is 2. The SMILES string of the molecule is CC.Cc1csc2ncnc(Nc3ccccc3OC3CCNC3)c12. The lowest BCUT2D eigenvalue weighted by Gasteiger charge is -2.17. The smallest absolute Gasteiger partial charge is 0.143 e. The standard InChI is InChI=1S/C17H18N4OS.C2H6/c1-11-9-23-17-15(11)16(19-10-20-17)21-13-4-2-3-5-14(13)22-12-6-7-18-8-12;1-2/h2-5,9-10,12,18H,6-8H2,1H3,(H,19,20,21);1-2H3. The summed E-state index contributed by atoms with van der Waals surface area (Å²) in [5.74, 6) is 1.69. The largest absolute Gasteiger partial charge is 0.487 e. The molecule has 0 amide bonds. The van der Waals surface area contributed by atoms with E-state index in [9.17, 15) is 0 Å². The first kappa shape index (κ1) is 17.6. The number of anilines is 2. The zero-order chi connectivity index (χ0) is 17.6. The van der Waals surface area contributed by atoms with Crippen LogP contribution in [0.5, 0.6) is 5.75 Å². The molecule has 0 bridgehead atoms. The average molecular weight is 356 g/mol. The zero-order valence-electron chi connectivity index (χ0n) is 14.9. The molecule has 0 saturated carbocycles. The fourth-order valence-corrected chi connectivity index (χ4v) is 3.71. The molecule has 1 atom stereocenters. The van der Waals surface area contributed by atoms with E-state index in [1.54, 1.807) is 17.7 Å². The Labute approximate surface area is 152 Å². The van der Waals surface area contributed by atoms with Gasteiger partial charge in [0, 0.05) is 6.54 Å². The van der Waals surface area contributed by atoms with Crippen molar-refractivity contribution in [2.75, 3.05) is 18.4 Å². The number of hydrogen-bond donors (Lipinski definition) is 2. The number of ether oxygens (including phenoxy) is 1. The lowest BCUT2D eigenvalue weighted by Crippen LogP contribution is -2.20. The molecule has 1 aromatic carbocycles. The maximum Gasteiger partial charge on any atom is 0.143 e. The molecule has 25 heavy (non-hydrogen) atoms. The minimum atomic E-state index is 0.228. The van der Waals surface area contributed by atoms with Crippen LogP contribution < -0.4 is 15.4 Å². The second-order valence-corrected chi connectivity index (χ2v) is 6.53. The molecule has 0 aliphatic carbocycles. The summed E-state index contributed by atoms with van der Waals surface area (Å²) in [5, 5.41) is 9.94. The predicted molar refractivity (Wildman–Crippen MR) is 105 cm³/mol. The lowest BCUT2D eigenvalue weighted by molar-refractivity contribution is 0.224. The van der Waals surface area contributed by atoms with Crippen molar-refractivity contribution in [2.24, 2.45) is 0 Å². The van der Waals surface area contributed by atoms with Crippen LogP contribution in [0.2, 0.25) is 0 Å². The highest BCUT2D eigenvalue weighted by Gasteiger charge is 2.18. The van der Waals surface area contributed by atoms with Crippen LogP contribution in [0.4, 0.5) is 11.5 Å². The summed E-state index contributed by atoms with van der Waals surface area (Å²) < 4.78 is 6.14. The lowest BCUT2D eigenvalue weighted by atomic mass is 10.2. The molecule has 2 N–H and O–H groups in total. The highest BCUT2D eigenvalue weighted by Crippen LogP contribution is 2.33. The van der Waals surface area contributed by atoms with Crippen LogP contribution >= 0.6 is 11.3 Å². The van der Waals surface area contributed by atoms with E-state index in [2.05, 4.69) is 32.9 Å². The molecule has 3 heterocycles. The molecular weight excluding hydrogens is 332 g/mol. The Morgan fingerprint density at radius 3 is 2.88 bits per heavy atom. The molecule has 4 rings (SSSR count). The fraction of sp³-hybridized carbons (Fsp3) is 0.368. The summed E-state index contributed by atoms with van der Waals surface area (Å²) >= 11 is 1.64. The maximum atomic E-state index is 6.14. The molecule has 2 aromatic heterocycles. The molecule has 1 aliphatic heterocycles. The average Bonchev–Trinajstić information content (AvgIpc) is 3.29. The van der Waals surface area contributed by atoms with Crippen LogP contribution in [0.25, 0.3) is 10.2 Å². The van der Waals surface area contributed by atoms with Gasteiger partial charge in [0.15, 0.2) is 0 Å². The van der Waals surface area contributed by atoms with Gasteiger partial charge in [0.2, 0.25) is 0 Å². The van der Waals surface area contributed by atoms with Gasteiger partial charge in [0.1, 0.15) is 28.8 Å². The van der Waals surface area contributed by atoms with E-state index in [-0.39, 0.29) is 6.10 Å². The Morgan fingerprint density at radius 2 is 2.08 bits per heavy atom. The predicted octanol–water partition coefficient (Wildman–Crippen LogP) is 4.51. The number of thiophene rings is 1. The topological polar surface area (TPSA) is 59.1 Å². The summed E-state index contributed by atoms with van der Waals surface area (Å²) in [7, 11) is 0. The van der Waals surface area contributed by atoms with Gasteiger partial charge in [-0.3, -0.25) is 0 Å². The molecule has 1 unspecified atom stereocenters. The van der Waals surface area contributed by atoms with E-state index in [1.165, 1.54) is 5.56 Å². The Balaban J connectivity index is 0.000000880. The summed E-state index contributed by atoms with van der Waals surface area (Å²) in [6, 6.07) is 8.02. The Hall–Kier alpha value is -2.18. The summed E-state index contributed by atoms with van der Waals surface area (Å²) in [6.07, 6.45) is 2.87. The van der Waals surface area contributed by atoms with Gasteiger partial charge in [-0.15, -0.1) is 11.3 Å². The third kappa shape index (κ3) is 3.91. The first-order valence-corrected chi connectivity index (χ1v) is 9.61. The van der Waals surface area contributed by atoms with E-state index in [1.807, 2.05) is 38.1 Å². The van der Waals surface area contributed by atoms with Gasteiger partial charge in [-0.2, -0.15) is 0 Å². The third-order valence-electron chi connectivity index (χ3n) is 4.00. The van der Waals surface area contributed by atoms with Crippen molar-refractivity contribution in [3.63, 3.8) is 0 Å². The van der Waals surface area contributed by atoms with Crippen LogP contribution in [0.1, 0.15) is 25.8 Å². The highest BCUT2D eigenvalue weighted by molar-refractivity contribution is 7.17. The van der Waals surface area contributed by atoms with Gasteiger partial charge in [-0.05, 0) is 43.0 Å². The van der Waals surface area contributed by atoms with Crippen molar-refractivity contribution in [3.05, 3.63) is 41.5 Å². The number of rotatable bonds is 4. The molecule has 1 saturated heterocycles. The molecule has 0 radical (unpaired) electrons. The van der Waals surface area contributed by atoms with Crippen molar-refractivity contribution < 1.29 is 4.74 Å². The van der Waals surface area contributed by atoms with E-state index >= 15 is 0 Å². The number of hydrogen-bond acceptors (Lipinski definition) is 6. The molecular formula is C19H24N4OS. The third-order valence-corrected chi connectivity index (χ3v) is 5.01. The number of aryl methyl sites for hydroxylation is 1.